The first-order valence-electron chi connectivity index (χ1n) is 7.56. The summed E-state index contributed by atoms with van der Waals surface area (Å²) < 4.78 is 0. The second-order valence-electron chi connectivity index (χ2n) is 5.60. The summed E-state index contributed by atoms with van der Waals surface area (Å²) in [4.78, 5) is 5.03. The first kappa shape index (κ1) is 16.0. The third kappa shape index (κ3) is 4.57. The zero-order valence-corrected chi connectivity index (χ0v) is 13.9. The molecule has 0 radical (unpaired) electrons. The lowest BCUT2D eigenvalue weighted by Gasteiger charge is -2.37. The minimum Gasteiger partial charge on any atom is -0.369 e. The molecule has 0 aromatic heterocycles. The van der Waals surface area contributed by atoms with E-state index >= 15 is 0 Å². The van der Waals surface area contributed by atoms with E-state index in [1.807, 2.05) is 12.1 Å². The van der Waals surface area contributed by atoms with E-state index < -0.39 is 0 Å². The molecule has 0 spiro atoms. The van der Waals surface area contributed by atoms with Crippen LogP contribution >= 0.6 is 24.2 Å². The molecule has 0 saturated carbocycles. The smallest absolute Gasteiger partial charge is 0.0407 e. The molecule has 1 saturated heterocycles. The zero-order chi connectivity index (χ0) is 14.4. The number of nitrogens with zero attached hydrogens (tertiary/aromatic N) is 2. The Morgan fingerprint density at radius 2 is 1.80 bits per heavy atom. The van der Waals surface area contributed by atoms with E-state index in [2.05, 4.69) is 41.5 Å². The van der Waals surface area contributed by atoms with E-state index in [1.165, 1.54) is 25.1 Å². The maximum absolute atomic E-state index is 5.94. The molecule has 1 unspecified atom stereocenters. The molecule has 2 nitrogen and oxygen atoms in total. The third-order valence-corrected chi connectivity index (χ3v) is 4.80. The average molecular weight is 313 g/mol. The Kier molecular flexibility index (Phi) is 6.53. The van der Waals surface area contributed by atoms with Gasteiger partial charge < -0.3 is 4.90 Å². The molecule has 2 rings (SSSR count). The topological polar surface area (TPSA) is 6.48 Å². The van der Waals surface area contributed by atoms with Crippen LogP contribution in [0.3, 0.4) is 0 Å². The summed E-state index contributed by atoms with van der Waals surface area (Å²) in [5, 5.41) is 0.809. The highest BCUT2D eigenvalue weighted by atomic mass is 35.5. The molecular formula is C16H25ClN2S. The molecular weight excluding hydrogens is 288 g/mol. The number of anilines is 1. The highest BCUT2D eigenvalue weighted by Crippen LogP contribution is 2.20. The Labute approximate surface area is 133 Å². The van der Waals surface area contributed by atoms with Crippen molar-refractivity contribution in [2.75, 3.05) is 43.4 Å². The van der Waals surface area contributed by atoms with Gasteiger partial charge in [0.1, 0.15) is 0 Å². The molecule has 1 aromatic rings. The normalized spacial score (nSPS) is 18.2. The van der Waals surface area contributed by atoms with Gasteiger partial charge in [-0.2, -0.15) is 12.6 Å². The molecule has 0 N–H and O–H groups in total. The zero-order valence-electron chi connectivity index (χ0n) is 12.3. The molecule has 1 aliphatic rings. The Hall–Kier alpha value is -0.380. The van der Waals surface area contributed by atoms with Crippen LogP contribution in [0.2, 0.25) is 5.02 Å². The van der Waals surface area contributed by atoms with E-state index in [0.29, 0.717) is 0 Å². The van der Waals surface area contributed by atoms with Crippen molar-refractivity contribution < 1.29 is 0 Å². The summed E-state index contributed by atoms with van der Waals surface area (Å²) in [6.07, 6.45) is 2.55. The van der Waals surface area contributed by atoms with E-state index in [0.717, 1.165) is 42.9 Å². The van der Waals surface area contributed by atoms with Gasteiger partial charge in [0.25, 0.3) is 0 Å². The summed E-state index contributed by atoms with van der Waals surface area (Å²) in [6, 6.07) is 8.18. The maximum atomic E-state index is 5.94. The molecule has 1 aliphatic heterocycles. The van der Waals surface area contributed by atoms with Crippen LogP contribution in [0.15, 0.2) is 24.3 Å². The molecule has 0 amide bonds. The van der Waals surface area contributed by atoms with Gasteiger partial charge in [0.15, 0.2) is 0 Å². The van der Waals surface area contributed by atoms with Crippen molar-refractivity contribution in [2.24, 2.45) is 5.92 Å². The number of rotatable bonds is 6. The van der Waals surface area contributed by atoms with Gasteiger partial charge in [-0.25, -0.2) is 0 Å². The molecule has 0 bridgehead atoms. The third-order valence-electron chi connectivity index (χ3n) is 4.04. The van der Waals surface area contributed by atoms with E-state index in [1.54, 1.807) is 0 Å². The van der Waals surface area contributed by atoms with Gasteiger partial charge in [-0.1, -0.05) is 24.9 Å². The number of piperazine rings is 1. The van der Waals surface area contributed by atoms with E-state index in [4.69, 9.17) is 11.6 Å². The van der Waals surface area contributed by atoms with Gasteiger partial charge >= 0.3 is 0 Å². The van der Waals surface area contributed by atoms with E-state index in [9.17, 15) is 0 Å². The summed E-state index contributed by atoms with van der Waals surface area (Å²) in [5.41, 5.74) is 1.29. The standard InChI is InChI=1S/C16H25ClN2S/c1-2-3-14(13-20)12-18-8-10-19(11-9-18)16-6-4-15(17)5-7-16/h4-7,14,20H,2-3,8-13H2,1H3. The second-order valence-corrected chi connectivity index (χ2v) is 6.40. The Morgan fingerprint density at radius 3 is 2.35 bits per heavy atom. The number of halogens is 1. The molecule has 1 aromatic carbocycles. The largest absolute Gasteiger partial charge is 0.369 e. The number of hydrogen-bond acceptors (Lipinski definition) is 3. The Morgan fingerprint density at radius 1 is 1.15 bits per heavy atom. The van der Waals surface area contributed by atoms with Crippen molar-refractivity contribution in [3.05, 3.63) is 29.3 Å². The predicted octanol–water partition coefficient (Wildman–Crippen LogP) is 3.81. The minimum atomic E-state index is 0.741. The molecule has 4 heteroatoms. The van der Waals surface area contributed by atoms with Crippen molar-refractivity contribution in [1.29, 1.82) is 0 Å². The predicted molar refractivity (Wildman–Crippen MR) is 92.4 cm³/mol. The van der Waals surface area contributed by atoms with Crippen LogP contribution < -0.4 is 4.90 Å². The molecule has 112 valence electrons. The van der Waals surface area contributed by atoms with Crippen LogP contribution in [0.5, 0.6) is 0 Å². The molecule has 1 atom stereocenters. The van der Waals surface area contributed by atoms with Gasteiger partial charge in [-0.05, 0) is 42.4 Å². The van der Waals surface area contributed by atoms with E-state index in [-0.39, 0.29) is 0 Å². The first-order chi connectivity index (χ1) is 9.72. The average Bonchev–Trinajstić information content (AvgIpc) is 2.48. The van der Waals surface area contributed by atoms with Crippen LogP contribution in [0, 0.1) is 5.92 Å². The van der Waals surface area contributed by atoms with Crippen LogP contribution in [-0.4, -0.2) is 43.4 Å². The second kappa shape index (κ2) is 8.16. The summed E-state index contributed by atoms with van der Waals surface area (Å²) in [5.74, 6) is 1.75. The molecule has 1 heterocycles. The van der Waals surface area contributed by atoms with Gasteiger partial charge in [-0.15, -0.1) is 0 Å². The molecule has 1 fully saturated rings. The monoisotopic (exact) mass is 312 g/mol. The SMILES string of the molecule is CCCC(CS)CN1CCN(c2ccc(Cl)cc2)CC1. The molecule has 20 heavy (non-hydrogen) atoms. The lowest BCUT2D eigenvalue weighted by molar-refractivity contribution is 0.221. The van der Waals surface area contributed by atoms with Crippen LogP contribution in [0.4, 0.5) is 5.69 Å². The first-order valence-corrected chi connectivity index (χ1v) is 8.57. The maximum Gasteiger partial charge on any atom is 0.0407 e. The highest BCUT2D eigenvalue weighted by Gasteiger charge is 2.19. The van der Waals surface area contributed by atoms with Gasteiger partial charge in [-0.3, -0.25) is 4.90 Å². The van der Waals surface area contributed by atoms with Crippen molar-refractivity contribution in [3.8, 4) is 0 Å². The van der Waals surface area contributed by atoms with Gasteiger partial charge in [0.05, 0.1) is 0 Å². The summed E-state index contributed by atoms with van der Waals surface area (Å²) in [6.45, 7) is 7.97. The lowest BCUT2D eigenvalue weighted by Crippen LogP contribution is -2.48. The van der Waals surface area contributed by atoms with Crippen molar-refractivity contribution in [1.82, 2.24) is 4.90 Å². The Bertz CT molecular complexity index is 388. The Balaban J connectivity index is 1.81. The van der Waals surface area contributed by atoms with Gasteiger partial charge in [0, 0.05) is 43.4 Å². The van der Waals surface area contributed by atoms with Crippen molar-refractivity contribution in [2.45, 2.75) is 19.8 Å². The fraction of sp³-hybridized carbons (Fsp3) is 0.625. The fourth-order valence-electron chi connectivity index (χ4n) is 2.85. The number of benzene rings is 1. The minimum absolute atomic E-state index is 0.741. The van der Waals surface area contributed by atoms with Gasteiger partial charge in [0.2, 0.25) is 0 Å². The molecule has 0 aliphatic carbocycles. The number of thiol groups is 1. The summed E-state index contributed by atoms with van der Waals surface area (Å²) >= 11 is 10.4. The van der Waals surface area contributed by atoms with Crippen LogP contribution in [0.1, 0.15) is 19.8 Å². The lowest BCUT2D eigenvalue weighted by atomic mass is 10.0. The van der Waals surface area contributed by atoms with Crippen molar-refractivity contribution in [3.63, 3.8) is 0 Å². The number of hydrogen-bond donors (Lipinski definition) is 1. The quantitative estimate of drug-likeness (QED) is 0.798. The van der Waals surface area contributed by atoms with Crippen LogP contribution in [0.25, 0.3) is 0 Å². The highest BCUT2D eigenvalue weighted by molar-refractivity contribution is 7.80. The summed E-state index contributed by atoms with van der Waals surface area (Å²) in [7, 11) is 0. The van der Waals surface area contributed by atoms with Crippen molar-refractivity contribution >= 4 is 29.9 Å². The van der Waals surface area contributed by atoms with Crippen LogP contribution in [-0.2, 0) is 0 Å². The fourth-order valence-corrected chi connectivity index (χ4v) is 3.28.